The maximum absolute atomic E-state index is 12.1. The van der Waals surface area contributed by atoms with Gasteiger partial charge in [0.25, 0.3) is 0 Å². The Kier molecular flexibility index (Phi) is 3.25. The number of benzene rings is 3. The molecule has 0 N–H and O–H groups in total. The lowest BCUT2D eigenvalue weighted by atomic mass is 10.0. The van der Waals surface area contributed by atoms with Crippen molar-refractivity contribution < 1.29 is 4.79 Å². The first-order valence-corrected chi connectivity index (χ1v) is 6.74. The quantitative estimate of drug-likeness (QED) is 0.530. The van der Waals surface area contributed by atoms with Crippen LogP contribution in [-0.2, 0) is 0 Å². The lowest BCUT2D eigenvalue weighted by Gasteiger charge is -2.09. The molecular weight excluding hydrogens is 246 g/mol. The van der Waals surface area contributed by atoms with Crippen LogP contribution in [0.25, 0.3) is 21.5 Å². The molecule has 0 radical (unpaired) electrons. The first kappa shape index (κ1) is 12.8. The molecule has 3 aromatic carbocycles. The van der Waals surface area contributed by atoms with E-state index in [1.807, 2.05) is 49.3 Å². The molecular formula is C18H17NO. The summed E-state index contributed by atoms with van der Waals surface area (Å²) in [4.78, 5) is 14.0. The molecule has 0 atom stereocenters. The van der Waals surface area contributed by atoms with Crippen LogP contribution < -0.4 is 0 Å². The van der Waals surface area contributed by atoms with E-state index in [1.54, 1.807) is 0 Å². The molecule has 0 bridgehead atoms. The van der Waals surface area contributed by atoms with Crippen LogP contribution in [0.4, 0.5) is 0 Å². The summed E-state index contributed by atoms with van der Waals surface area (Å²) in [5.41, 5.74) is 0.779. The van der Waals surface area contributed by atoms with Crippen LogP contribution in [0.1, 0.15) is 10.4 Å². The van der Waals surface area contributed by atoms with Crippen molar-refractivity contribution >= 4 is 27.3 Å². The smallest absolute Gasteiger partial charge is 0.176 e. The van der Waals surface area contributed by atoms with Gasteiger partial charge < -0.3 is 4.90 Å². The highest BCUT2D eigenvalue weighted by molar-refractivity contribution is 6.04. The van der Waals surface area contributed by atoms with Crippen molar-refractivity contribution in [3.8, 4) is 0 Å². The predicted molar refractivity (Wildman–Crippen MR) is 84.3 cm³/mol. The highest BCUT2D eigenvalue weighted by atomic mass is 16.1. The Balaban J connectivity index is 2.10. The normalized spacial score (nSPS) is 11.3. The molecule has 0 amide bonds. The molecule has 0 heterocycles. The molecule has 0 unspecified atom stereocenters. The maximum Gasteiger partial charge on any atom is 0.176 e. The molecule has 0 spiro atoms. The fourth-order valence-electron chi connectivity index (χ4n) is 2.49. The fourth-order valence-corrected chi connectivity index (χ4v) is 2.49. The van der Waals surface area contributed by atoms with Gasteiger partial charge >= 0.3 is 0 Å². The van der Waals surface area contributed by atoms with Gasteiger partial charge in [0, 0.05) is 5.56 Å². The van der Waals surface area contributed by atoms with E-state index >= 15 is 0 Å². The molecule has 0 fully saturated rings. The van der Waals surface area contributed by atoms with Crippen LogP contribution in [0.5, 0.6) is 0 Å². The summed E-state index contributed by atoms with van der Waals surface area (Å²) in [6.07, 6.45) is 0. The number of likely N-dealkylation sites (N-methyl/N-ethyl adjacent to an activating group) is 1. The summed E-state index contributed by atoms with van der Waals surface area (Å²) in [6, 6.07) is 18.6. The summed E-state index contributed by atoms with van der Waals surface area (Å²) in [5, 5.41) is 4.72. The van der Waals surface area contributed by atoms with E-state index < -0.39 is 0 Å². The van der Waals surface area contributed by atoms with Crippen LogP contribution in [0, 0.1) is 0 Å². The largest absolute Gasteiger partial charge is 0.302 e. The van der Waals surface area contributed by atoms with E-state index in [0.717, 1.165) is 10.9 Å². The van der Waals surface area contributed by atoms with Gasteiger partial charge in [-0.2, -0.15) is 0 Å². The SMILES string of the molecule is CN(C)CC(=O)c1ccc2cc3ccccc3cc2c1. The molecule has 2 nitrogen and oxygen atoms in total. The van der Waals surface area contributed by atoms with Crippen molar-refractivity contribution in [1.29, 1.82) is 0 Å². The standard InChI is InChI=1S/C18H17NO/c1-19(2)12-18(20)16-8-7-15-9-13-5-3-4-6-14(13)10-17(15)11-16/h3-11H,12H2,1-2H3. The molecule has 0 aliphatic heterocycles. The third-order valence-corrected chi connectivity index (χ3v) is 3.49. The number of carbonyl (C=O) groups excluding carboxylic acids is 1. The summed E-state index contributed by atoms with van der Waals surface area (Å²) in [6.45, 7) is 0.444. The molecule has 0 aliphatic rings. The van der Waals surface area contributed by atoms with E-state index in [2.05, 4.69) is 24.3 Å². The number of Topliss-reactive ketones (excluding diaryl/α,β-unsaturated/α-hetero) is 1. The Morgan fingerprint density at radius 3 is 2.10 bits per heavy atom. The van der Waals surface area contributed by atoms with Gasteiger partial charge in [-0.3, -0.25) is 4.79 Å². The van der Waals surface area contributed by atoms with E-state index in [1.165, 1.54) is 16.2 Å². The Bertz CT molecular complexity index is 790. The number of fused-ring (bicyclic) bond motifs is 2. The van der Waals surface area contributed by atoms with E-state index in [-0.39, 0.29) is 5.78 Å². The molecule has 3 aromatic rings. The predicted octanol–water partition coefficient (Wildman–Crippen LogP) is 3.74. The average molecular weight is 263 g/mol. The first-order valence-electron chi connectivity index (χ1n) is 6.74. The summed E-state index contributed by atoms with van der Waals surface area (Å²) in [5.74, 6) is 0.157. The van der Waals surface area contributed by atoms with Gasteiger partial charge in [0.15, 0.2) is 5.78 Å². The molecule has 20 heavy (non-hydrogen) atoms. The van der Waals surface area contributed by atoms with Crippen molar-refractivity contribution in [2.24, 2.45) is 0 Å². The topological polar surface area (TPSA) is 20.3 Å². The Morgan fingerprint density at radius 2 is 1.45 bits per heavy atom. The van der Waals surface area contributed by atoms with Crippen LogP contribution >= 0.6 is 0 Å². The van der Waals surface area contributed by atoms with Crippen molar-refractivity contribution in [2.45, 2.75) is 0 Å². The lowest BCUT2D eigenvalue weighted by molar-refractivity contribution is 0.0958. The van der Waals surface area contributed by atoms with E-state index in [4.69, 9.17) is 0 Å². The molecule has 0 saturated heterocycles. The molecule has 100 valence electrons. The van der Waals surface area contributed by atoms with Gasteiger partial charge in [-0.1, -0.05) is 36.4 Å². The van der Waals surface area contributed by atoms with Crippen molar-refractivity contribution in [2.75, 3.05) is 20.6 Å². The van der Waals surface area contributed by atoms with E-state index in [9.17, 15) is 4.79 Å². The van der Waals surface area contributed by atoms with Gasteiger partial charge in [-0.15, -0.1) is 0 Å². The summed E-state index contributed by atoms with van der Waals surface area (Å²) < 4.78 is 0. The van der Waals surface area contributed by atoms with Gasteiger partial charge in [-0.25, -0.2) is 0 Å². The highest BCUT2D eigenvalue weighted by Gasteiger charge is 2.08. The second kappa shape index (κ2) is 5.06. The molecule has 3 rings (SSSR count). The highest BCUT2D eigenvalue weighted by Crippen LogP contribution is 2.23. The molecule has 0 saturated carbocycles. The van der Waals surface area contributed by atoms with Gasteiger partial charge in [0.2, 0.25) is 0 Å². The van der Waals surface area contributed by atoms with Crippen molar-refractivity contribution in [3.05, 3.63) is 60.2 Å². The number of carbonyl (C=O) groups is 1. The number of hydrogen-bond acceptors (Lipinski definition) is 2. The van der Waals surface area contributed by atoms with Crippen LogP contribution in [0.15, 0.2) is 54.6 Å². The average Bonchev–Trinajstić information content (AvgIpc) is 2.43. The second-order valence-corrected chi connectivity index (χ2v) is 5.42. The van der Waals surface area contributed by atoms with Gasteiger partial charge in [-0.05, 0) is 53.8 Å². The minimum absolute atomic E-state index is 0.157. The Labute approximate surface area is 118 Å². The molecule has 0 aliphatic carbocycles. The minimum atomic E-state index is 0.157. The van der Waals surface area contributed by atoms with Crippen LogP contribution in [0.2, 0.25) is 0 Å². The van der Waals surface area contributed by atoms with Gasteiger partial charge in [0.05, 0.1) is 6.54 Å². The number of ketones is 1. The number of nitrogens with zero attached hydrogens (tertiary/aromatic N) is 1. The van der Waals surface area contributed by atoms with Crippen molar-refractivity contribution in [1.82, 2.24) is 4.90 Å². The summed E-state index contributed by atoms with van der Waals surface area (Å²) >= 11 is 0. The van der Waals surface area contributed by atoms with Crippen LogP contribution in [0.3, 0.4) is 0 Å². The monoisotopic (exact) mass is 263 g/mol. The lowest BCUT2D eigenvalue weighted by Crippen LogP contribution is -2.21. The minimum Gasteiger partial charge on any atom is -0.302 e. The fraction of sp³-hybridized carbons (Fsp3) is 0.167. The summed E-state index contributed by atoms with van der Waals surface area (Å²) in [7, 11) is 3.82. The van der Waals surface area contributed by atoms with Crippen molar-refractivity contribution in [3.63, 3.8) is 0 Å². The number of hydrogen-bond donors (Lipinski definition) is 0. The van der Waals surface area contributed by atoms with Crippen LogP contribution in [-0.4, -0.2) is 31.3 Å². The Morgan fingerprint density at radius 1 is 0.850 bits per heavy atom. The third kappa shape index (κ3) is 2.43. The first-order chi connectivity index (χ1) is 9.63. The zero-order chi connectivity index (χ0) is 14.1. The van der Waals surface area contributed by atoms with Gasteiger partial charge in [0.1, 0.15) is 0 Å². The zero-order valence-corrected chi connectivity index (χ0v) is 11.8. The number of rotatable bonds is 3. The Hall–Kier alpha value is -2.19. The molecule has 2 heteroatoms. The maximum atomic E-state index is 12.1. The second-order valence-electron chi connectivity index (χ2n) is 5.42. The third-order valence-electron chi connectivity index (χ3n) is 3.49. The van der Waals surface area contributed by atoms with E-state index in [0.29, 0.717) is 6.54 Å². The zero-order valence-electron chi connectivity index (χ0n) is 11.8. The molecule has 0 aromatic heterocycles.